The van der Waals surface area contributed by atoms with E-state index in [0.29, 0.717) is 19.0 Å². The van der Waals surface area contributed by atoms with Gasteiger partial charge in [-0.1, -0.05) is 0 Å². The van der Waals surface area contributed by atoms with E-state index in [1.807, 2.05) is 30.8 Å². The van der Waals surface area contributed by atoms with Crippen molar-refractivity contribution < 1.29 is 4.74 Å². The largest absolute Gasteiger partial charge is 0.478 e. The monoisotopic (exact) mass is 438 g/mol. The Hall–Kier alpha value is -0.700. The quantitative estimate of drug-likeness (QED) is 0.390. The molecule has 0 aliphatic carbocycles. The Bertz CT molecular complexity index is 469. The number of hydrogen-bond donors (Lipinski definition) is 2. The summed E-state index contributed by atoms with van der Waals surface area (Å²) in [5, 5.41) is 6.64. The molecule has 0 amide bonds. The van der Waals surface area contributed by atoms with E-state index in [1.165, 1.54) is 0 Å². The van der Waals surface area contributed by atoms with E-state index in [4.69, 9.17) is 4.74 Å². The maximum Gasteiger partial charge on any atom is 0.213 e. The molecule has 0 aliphatic heterocycles. The fourth-order valence-corrected chi connectivity index (χ4v) is 1.78. The number of rotatable bonds is 7. The summed E-state index contributed by atoms with van der Waals surface area (Å²) in [7, 11) is 1.78. The minimum absolute atomic E-state index is 0. The molecule has 0 saturated heterocycles. The molecule has 0 atom stereocenters. The first-order valence-corrected chi connectivity index (χ1v) is 8.30. The first-order valence-electron chi connectivity index (χ1n) is 7.08. The third kappa shape index (κ3) is 8.07. The maximum atomic E-state index is 5.40. The van der Waals surface area contributed by atoms with Crippen molar-refractivity contribution in [2.45, 2.75) is 32.1 Å². The van der Waals surface area contributed by atoms with Crippen LogP contribution in [0.4, 0.5) is 0 Å². The average Bonchev–Trinajstić information content (AvgIpc) is 2.48. The Labute approximate surface area is 155 Å². The first kappa shape index (κ1) is 21.3. The van der Waals surface area contributed by atoms with E-state index in [0.717, 1.165) is 18.1 Å². The lowest BCUT2D eigenvalue weighted by atomic mass is 10.2. The molecule has 1 rings (SSSR count). The van der Waals surface area contributed by atoms with E-state index in [2.05, 4.69) is 40.7 Å². The lowest BCUT2D eigenvalue weighted by molar-refractivity contribution is 0.326. The van der Waals surface area contributed by atoms with Crippen LogP contribution in [-0.2, 0) is 6.54 Å². The van der Waals surface area contributed by atoms with Crippen LogP contribution in [0.3, 0.4) is 0 Å². The standard InChI is InChI=1S/C15H26N4OS.HI/c1-6-20-13-9-12(7-8-17-13)10-18-14(16-4)19-11-15(2,3)21-5;/h7-9H,6,10-11H2,1-5H3,(H2,16,18,19);1H. The van der Waals surface area contributed by atoms with E-state index in [-0.39, 0.29) is 28.7 Å². The molecule has 0 radical (unpaired) electrons. The van der Waals surface area contributed by atoms with Gasteiger partial charge in [-0.05, 0) is 38.7 Å². The molecule has 2 N–H and O–H groups in total. The maximum absolute atomic E-state index is 5.40. The van der Waals surface area contributed by atoms with Gasteiger partial charge in [0.2, 0.25) is 5.88 Å². The molecule has 0 aliphatic rings. The van der Waals surface area contributed by atoms with Crippen molar-refractivity contribution in [1.82, 2.24) is 15.6 Å². The Kier molecular flexibility index (Phi) is 10.6. The second-order valence-corrected chi connectivity index (χ2v) is 6.69. The van der Waals surface area contributed by atoms with Crippen molar-refractivity contribution in [2.75, 3.05) is 26.5 Å². The minimum Gasteiger partial charge on any atom is -0.478 e. The van der Waals surface area contributed by atoms with Gasteiger partial charge in [0.1, 0.15) is 0 Å². The van der Waals surface area contributed by atoms with Crippen molar-refractivity contribution in [3.8, 4) is 5.88 Å². The predicted octanol–water partition coefficient (Wildman–Crippen LogP) is 2.90. The van der Waals surface area contributed by atoms with Gasteiger partial charge < -0.3 is 15.4 Å². The molecule has 126 valence electrons. The second kappa shape index (κ2) is 10.9. The summed E-state index contributed by atoms with van der Waals surface area (Å²) >= 11 is 1.83. The molecule has 7 heteroatoms. The van der Waals surface area contributed by atoms with Crippen LogP contribution in [0.25, 0.3) is 0 Å². The van der Waals surface area contributed by atoms with Crippen LogP contribution in [0.15, 0.2) is 23.3 Å². The number of nitrogens with zero attached hydrogens (tertiary/aromatic N) is 2. The molecular formula is C15H27IN4OS. The minimum atomic E-state index is 0. The second-order valence-electron chi connectivity index (χ2n) is 5.18. The van der Waals surface area contributed by atoms with Crippen molar-refractivity contribution in [3.63, 3.8) is 0 Å². The van der Waals surface area contributed by atoms with Crippen molar-refractivity contribution in [3.05, 3.63) is 23.9 Å². The molecule has 1 heterocycles. The topological polar surface area (TPSA) is 58.5 Å². The number of aromatic nitrogens is 1. The summed E-state index contributed by atoms with van der Waals surface area (Å²) in [5.41, 5.74) is 1.11. The van der Waals surface area contributed by atoms with Crippen molar-refractivity contribution in [1.29, 1.82) is 0 Å². The fraction of sp³-hybridized carbons (Fsp3) is 0.600. The van der Waals surface area contributed by atoms with Crippen molar-refractivity contribution >= 4 is 41.7 Å². The molecule has 0 unspecified atom stereocenters. The smallest absolute Gasteiger partial charge is 0.213 e. The highest BCUT2D eigenvalue weighted by Gasteiger charge is 2.15. The van der Waals surface area contributed by atoms with Crippen LogP contribution in [0.2, 0.25) is 0 Å². The normalized spacial score (nSPS) is 11.6. The van der Waals surface area contributed by atoms with Gasteiger partial charge in [0.05, 0.1) is 6.61 Å². The fourth-order valence-electron chi connectivity index (χ4n) is 1.56. The van der Waals surface area contributed by atoms with Crippen molar-refractivity contribution in [2.24, 2.45) is 4.99 Å². The molecule has 22 heavy (non-hydrogen) atoms. The summed E-state index contributed by atoms with van der Waals surface area (Å²) in [5.74, 6) is 1.45. The molecule has 0 fully saturated rings. The Balaban J connectivity index is 0.00000441. The van der Waals surface area contributed by atoms with E-state index >= 15 is 0 Å². The molecule has 1 aromatic heterocycles. The Morgan fingerprint density at radius 3 is 2.73 bits per heavy atom. The number of halogens is 1. The molecule has 0 saturated carbocycles. The molecule has 0 bridgehead atoms. The van der Waals surface area contributed by atoms with E-state index in [9.17, 15) is 0 Å². The number of ether oxygens (including phenoxy) is 1. The van der Waals surface area contributed by atoms with Gasteiger partial charge in [0, 0.05) is 37.1 Å². The molecule has 0 aromatic carbocycles. The van der Waals surface area contributed by atoms with Gasteiger partial charge in [-0.2, -0.15) is 11.8 Å². The van der Waals surface area contributed by atoms with Crippen LogP contribution >= 0.6 is 35.7 Å². The lowest BCUT2D eigenvalue weighted by Crippen LogP contribution is -2.42. The summed E-state index contributed by atoms with van der Waals surface area (Å²) in [6, 6.07) is 3.91. The number of hydrogen-bond acceptors (Lipinski definition) is 4. The SMILES string of the molecule is CCOc1cc(CNC(=NC)NCC(C)(C)SC)ccn1.I. The molecule has 5 nitrogen and oxygen atoms in total. The number of nitrogens with one attached hydrogen (secondary N) is 2. The third-order valence-electron chi connectivity index (χ3n) is 3.01. The summed E-state index contributed by atoms with van der Waals surface area (Å²) in [6.07, 6.45) is 3.87. The van der Waals surface area contributed by atoms with Crippen LogP contribution in [0.5, 0.6) is 5.88 Å². The number of guanidine groups is 1. The van der Waals surface area contributed by atoms with Crippen LogP contribution in [0, 0.1) is 0 Å². The van der Waals surface area contributed by atoms with Gasteiger partial charge in [-0.15, -0.1) is 24.0 Å². The van der Waals surface area contributed by atoms with Gasteiger partial charge >= 0.3 is 0 Å². The predicted molar refractivity (Wildman–Crippen MR) is 107 cm³/mol. The highest BCUT2D eigenvalue weighted by atomic mass is 127. The summed E-state index contributed by atoms with van der Waals surface area (Å²) in [6.45, 7) is 8.52. The average molecular weight is 438 g/mol. The van der Waals surface area contributed by atoms with Gasteiger partial charge in [-0.25, -0.2) is 4.98 Å². The highest BCUT2D eigenvalue weighted by Crippen LogP contribution is 2.19. The molecular weight excluding hydrogens is 411 g/mol. The Morgan fingerprint density at radius 2 is 2.14 bits per heavy atom. The number of pyridine rings is 1. The van der Waals surface area contributed by atoms with E-state index < -0.39 is 0 Å². The lowest BCUT2D eigenvalue weighted by Gasteiger charge is -2.23. The third-order valence-corrected chi connectivity index (χ3v) is 4.26. The van der Waals surface area contributed by atoms with Crippen LogP contribution in [-0.4, -0.2) is 42.1 Å². The highest BCUT2D eigenvalue weighted by molar-refractivity contribution is 14.0. The van der Waals surface area contributed by atoms with E-state index in [1.54, 1.807) is 13.2 Å². The molecule has 1 aromatic rings. The summed E-state index contributed by atoms with van der Waals surface area (Å²) < 4.78 is 5.58. The zero-order chi connectivity index (χ0) is 15.7. The summed E-state index contributed by atoms with van der Waals surface area (Å²) in [4.78, 5) is 8.40. The number of thioether (sulfide) groups is 1. The van der Waals surface area contributed by atoms with Crippen LogP contribution < -0.4 is 15.4 Å². The zero-order valence-corrected chi connectivity index (χ0v) is 17.1. The van der Waals surface area contributed by atoms with Gasteiger partial charge in [0.15, 0.2) is 5.96 Å². The first-order chi connectivity index (χ1) is 10.0. The molecule has 0 spiro atoms. The van der Waals surface area contributed by atoms with Gasteiger partial charge in [-0.3, -0.25) is 4.99 Å². The van der Waals surface area contributed by atoms with Gasteiger partial charge in [0.25, 0.3) is 0 Å². The Morgan fingerprint density at radius 1 is 1.41 bits per heavy atom. The number of aliphatic imine (C=N–C) groups is 1. The zero-order valence-electron chi connectivity index (χ0n) is 14.0. The van der Waals surface area contributed by atoms with Crippen LogP contribution in [0.1, 0.15) is 26.3 Å².